The second-order valence-electron chi connectivity index (χ2n) is 3.80. The number of nitrogens with zero attached hydrogens (tertiary/aromatic N) is 2. The Morgan fingerprint density at radius 1 is 1.06 bits per heavy atom. The minimum Gasteiger partial charge on any atom is -0.356 e. The number of aromatic amines is 1. The van der Waals surface area contributed by atoms with Gasteiger partial charge in [0.05, 0.1) is 16.7 Å². The van der Waals surface area contributed by atoms with E-state index in [0.29, 0.717) is 0 Å². The van der Waals surface area contributed by atoms with Crippen molar-refractivity contribution in [2.24, 2.45) is 0 Å². The van der Waals surface area contributed by atoms with Crippen LogP contribution in [0.15, 0.2) is 42.7 Å². The number of rotatable bonds is 1. The summed E-state index contributed by atoms with van der Waals surface area (Å²) in [5.74, 6) is 0. The summed E-state index contributed by atoms with van der Waals surface area (Å²) in [6, 6.07) is 12.2. The SMILES string of the molecule is Cc1cc2ncnc(-c3ccccc3)c2[nH]1. The maximum Gasteiger partial charge on any atom is 0.116 e. The molecule has 0 unspecified atom stereocenters. The second kappa shape index (κ2) is 3.45. The zero-order valence-corrected chi connectivity index (χ0v) is 8.94. The van der Waals surface area contributed by atoms with Gasteiger partial charge in [0.1, 0.15) is 6.33 Å². The lowest BCUT2D eigenvalue weighted by Gasteiger charge is -2.00. The molecule has 2 aromatic heterocycles. The Morgan fingerprint density at radius 2 is 1.88 bits per heavy atom. The average Bonchev–Trinajstić information content (AvgIpc) is 2.70. The van der Waals surface area contributed by atoms with Gasteiger partial charge in [0.15, 0.2) is 0 Å². The molecule has 1 N–H and O–H groups in total. The van der Waals surface area contributed by atoms with Crippen molar-refractivity contribution in [3.63, 3.8) is 0 Å². The number of benzene rings is 1. The van der Waals surface area contributed by atoms with Gasteiger partial charge in [0.25, 0.3) is 0 Å². The highest BCUT2D eigenvalue weighted by Crippen LogP contribution is 2.24. The van der Waals surface area contributed by atoms with Crippen LogP contribution in [0.2, 0.25) is 0 Å². The molecule has 1 aromatic carbocycles. The Hall–Kier alpha value is -2.16. The van der Waals surface area contributed by atoms with Crippen LogP contribution in [0.3, 0.4) is 0 Å². The predicted molar refractivity (Wildman–Crippen MR) is 64.1 cm³/mol. The van der Waals surface area contributed by atoms with Crippen LogP contribution >= 0.6 is 0 Å². The first-order valence-electron chi connectivity index (χ1n) is 5.20. The molecule has 0 fully saturated rings. The van der Waals surface area contributed by atoms with Crippen molar-refractivity contribution in [3.05, 3.63) is 48.4 Å². The highest BCUT2D eigenvalue weighted by Gasteiger charge is 2.07. The number of hydrogen-bond donors (Lipinski definition) is 1. The molecule has 3 heteroatoms. The fourth-order valence-electron chi connectivity index (χ4n) is 1.89. The van der Waals surface area contributed by atoms with Gasteiger partial charge in [-0.2, -0.15) is 0 Å². The van der Waals surface area contributed by atoms with Crippen molar-refractivity contribution >= 4 is 11.0 Å². The fourth-order valence-corrected chi connectivity index (χ4v) is 1.89. The predicted octanol–water partition coefficient (Wildman–Crippen LogP) is 2.93. The molecule has 0 saturated heterocycles. The Labute approximate surface area is 93.2 Å². The van der Waals surface area contributed by atoms with Gasteiger partial charge in [-0.25, -0.2) is 9.97 Å². The summed E-state index contributed by atoms with van der Waals surface area (Å²) in [7, 11) is 0. The molecular formula is C13H11N3. The van der Waals surface area contributed by atoms with Crippen molar-refractivity contribution in [3.8, 4) is 11.3 Å². The summed E-state index contributed by atoms with van der Waals surface area (Å²) >= 11 is 0. The first-order valence-corrected chi connectivity index (χ1v) is 5.20. The number of aromatic nitrogens is 3. The van der Waals surface area contributed by atoms with Crippen LogP contribution in [0.5, 0.6) is 0 Å². The van der Waals surface area contributed by atoms with Gasteiger partial charge in [-0.05, 0) is 13.0 Å². The Morgan fingerprint density at radius 3 is 2.69 bits per heavy atom. The van der Waals surface area contributed by atoms with Gasteiger partial charge >= 0.3 is 0 Å². The van der Waals surface area contributed by atoms with E-state index in [1.54, 1.807) is 6.33 Å². The average molecular weight is 209 g/mol. The summed E-state index contributed by atoms with van der Waals surface area (Å²) in [5.41, 5.74) is 5.14. The molecule has 3 rings (SSSR count). The van der Waals surface area contributed by atoms with Crippen molar-refractivity contribution in [1.82, 2.24) is 15.0 Å². The van der Waals surface area contributed by atoms with E-state index < -0.39 is 0 Å². The molecule has 0 spiro atoms. The molecule has 16 heavy (non-hydrogen) atoms. The summed E-state index contributed by atoms with van der Waals surface area (Å²) < 4.78 is 0. The van der Waals surface area contributed by atoms with E-state index in [0.717, 1.165) is 28.0 Å². The lowest BCUT2D eigenvalue weighted by molar-refractivity contribution is 1.21. The molecule has 0 atom stereocenters. The third-order valence-corrected chi connectivity index (χ3v) is 2.60. The summed E-state index contributed by atoms with van der Waals surface area (Å²) in [5, 5.41) is 0. The smallest absolute Gasteiger partial charge is 0.116 e. The quantitative estimate of drug-likeness (QED) is 0.669. The number of fused-ring (bicyclic) bond motifs is 1. The minimum absolute atomic E-state index is 0.957. The van der Waals surface area contributed by atoms with Gasteiger partial charge in [0, 0.05) is 11.3 Å². The largest absolute Gasteiger partial charge is 0.356 e. The molecule has 0 bridgehead atoms. The molecule has 0 radical (unpaired) electrons. The molecular weight excluding hydrogens is 198 g/mol. The highest BCUT2D eigenvalue weighted by atomic mass is 14.9. The van der Waals surface area contributed by atoms with Crippen LogP contribution < -0.4 is 0 Å². The van der Waals surface area contributed by atoms with Crippen LogP contribution in [0.25, 0.3) is 22.3 Å². The third kappa shape index (κ3) is 1.37. The molecule has 0 aliphatic heterocycles. The van der Waals surface area contributed by atoms with Crippen LogP contribution in [0.1, 0.15) is 5.69 Å². The van der Waals surface area contributed by atoms with E-state index in [9.17, 15) is 0 Å². The van der Waals surface area contributed by atoms with Gasteiger partial charge in [0.2, 0.25) is 0 Å². The van der Waals surface area contributed by atoms with E-state index in [4.69, 9.17) is 0 Å². The topological polar surface area (TPSA) is 41.6 Å². The van der Waals surface area contributed by atoms with E-state index >= 15 is 0 Å². The maximum atomic E-state index is 4.35. The number of H-pyrrole nitrogens is 1. The van der Waals surface area contributed by atoms with E-state index in [-0.39, 0.29) is 0 Å². The summed E-state index contributed by atoms with van der Waals surface area (Å²) in [4.78, 5) is 11.9. The first-order chi connectivity index (χ1) is 7.84. The van der Waals surface area contributed by atoms with Crippen molar-refractivity contribution in [2.75, 3.05) is 0 Å². The lowest BCUT2D eigenvalue weighted by Crippen LogP contribution is -1.87. The Balaban J connectivity index is 2.31. The van der Waals surface area contributed by atoms with Crippen LogP contribution in [-0.2, 0) is 0 Å². The summed E-state index contributed by atoms with van der Waals surface area (Å²) in [6.45, 7) is 2.02. The van der Waals surface area contributed by atoms with Gasteiger partial charge in [-0.15, -0.1) is 0 Å². The van der Waals surface area contributed by atoms with E-state index in [1.807, 2.05) is 31.2 Å². The second-order valence-corrected chi connectivity index (χ2v) is 3.80. The van der Waals surface area contributed by atoms with Crippen LogP contribution in [0, 0.1) is 6.92 Å². The molecule has 0 saturated carbocycles. The molecule has 0 aliphatic rings. The first kappa shape index (κ1) is 9.09. The maximum absolute atomic E-state index is 4.35. The van der Waals surface area contributed by atoms with Gasteiger partial charge in [-0.3, -0.25) is 0 Å². The Bertz CT molecular complexity index is 626. The summed E-state index contributed by atoms with van der Waals surface area (Å²) in [6.07, 6.45) is 1.61. The van der Waals surface area contributed by atoms with E-state index in [1.165, 1.54) is 0 Å². The van der Waals surface area contributed by atoms with Crippen molar-refractivity contribution in [2.45, 2.75) is 6.92 Å². The standard InChI is InChI=1S/C13H11N3/c1-9-7-11-13(16-9)12(15-8-14-11)10-5-3-2-4-6-10/h2-8,16H,1H3. The normalized spacial score (nSPS) is 10.8. The zero-order chi connectivity index (χ0) is 11.0. The third-order valence-electron chi connectivity index (χ3n) is 2.60. The lowest BCUT2D eigenvalue weighted by atomic mass is 10.1. The fraction of sp³-hybridized carbons (Fsp3) is 0.0769. The molecule has 2 heterocycles. The van der Waals surface area contributed by atoms with Gasteiger partial charge in [-0.1, -0.05) is 30.3 Å². The molecule has 3 aromatic rings. The van der Waals surface area contributed by atoms with E-state index in [2.05, 4.69) is 27.1 Å². The van der Waals surface area contributed by atoms with Crippen LogP contribution in [0.4, 0.5) is 0 Å². The number of nitrogens with one attached hydrogen (secondary N) is 1. The molecule has 78 valence electrons. The molecule has 0 aliphatic carbocycles. The minimum atomic E-state index is 0.957. The molecule has 0 amide bonds. The zero-order valence-electron chi connectivity index (χ0n) is 8.94. The number of hydrogen-bond acceptors (Lipinski definition) is 2. The van der Waals surface area contributed by atoms with Crippen molar-refractivity contribution < 1.29 is 0 Å². The highest BCUT2D eigenvalue weighted by molar-refractivity contribution is 5.89. The number of aryl methyl sites for hydroxylation is 1. The van der Waals surface area contributed by atoms with Crippen LogP contribution in [-0.4, -0.2) is 15.0 Å². The van der Waals surface area contributed by atoms with Gasteiger partial charge < -0.3 is 4.98 Å². The monoisotopic (exact) mass is 209 g/mol. The molecule has 3 nitrogen and oxygen atoms in total. The van der Waals surface area contributed by atoms with Crippen molar-refractivity contribution in [1.29, 1.82) is 0 Å². The Kier molecular flexibility index (Phi) is 1.96.